The highest BCUT2D eigenvalue weighted by molar-refractivity contribution is 9.10. The van der Waals surface area contributed by atoms with E-state index in [-0.39, 0.29) is 18.0 Å². The van der Waals surface area contributed by atoms with Gasteiger partial charge in [0.15, 0.2) is 0 Å². The second-order valence-electron chi connectivity index (χ2n) is 6.90. The molecule has 5 nitrogen and oxygen atoms in total. The molecule has 1 heterocycles. The zero-order valence-corrected chi connectivity index (χ0v) is 15.9. The largest absolute Gasteiger partial charge is 0.444 e. The lowest BCUT2D eigenvalue weighted by Crippen LogP contribution is -2.56. The van der Waals surface area contributed by atoms with Gasteiger partial charge in [-0.15, -0.1) is 0 Å². The highest BCUT2D eigenvalue weighted by Gasteiger charge is 2.32. The summed E-state index contributed by atoms with van der Waals surface area (Å²) in [4.78, 5) is 28.0. The van der Waals surface area contributed by atoms with E-state index < -0.39 is 11.4 Å². The summed E-state index contributed by atoms with van der Waals surface area (Å²) >= 11 is 3.08. The maximum absolute atomic E-state index is 13.6. The van der Waals surface area contributed by atoms with E-state index >= 15 is 0 Å². The summed E-state index contributed by atoms with van der Waals surface area (Å²) in [6, 6.07) is 4.15. The third kappa shape index (κ3) is 4.47. The van der Waals surface area contributed by atoms with E-state index in [4.69, 9.17) is 4.74 Å². The summed E-state index contributed by atoms with van der Waals surface area (Å²) in [5, 5.41) is 0. The molecule has 2 amide bonds. The fourth-order valence-corrected chi connectivity index (χ4v) is 2.79. The molecule has 1 atom stereocenters. The Morgan fingerprint density at radius 3 is 2.50 bits per heavy atom. The van der Waals surface area contributed by atoms with Gasteiger partial charge in [0.2, 0.25) is 0 Å². The van der Waals surface area contributed by atoms with Crippen LogP contribution in [0, 0.1) is 5.82 Å². The monoisotopic (exact) mass is 400 g/mol. The Morgan fingerprint density at radius 1 is 1.29 bits per heavy atom. The molecule has 1 aromatic carbocycles. The second kappa shape index (κ2) is 7.09. The van der Waals surface area contributed by atoms with Crippen molar-refractivity contribution in [1.29, 1.82) is 0 Å². The Bertz CT molecular complexity index is 645. The molecule has 132 valence electrons. The van der Waals surface area contributed by atoms with Crippen LogP contribution < -0.4 is 0 Å². The average molecular weight is 401 g/mol. The molecule has 0 spiro atoms. The van der Waals surface area contributed by atoms with Crippen molar-refractivity contribution >= 4 is 27.9 Å². The topological polar surface area (TPSA) is 49.9 Å². The summed E-state index contributed by atoms with van der Waals surface area (Å²) in [5.74, 6) is -0.710. The van der Waals surface area contributed by atoms with Crippen LogP contribution in [0.1, 0.15) is 38.1 Å². The highest BCUT2D eigenvalue weighted by Crippen LogP contribution is 2.20. The Balaban J connectivity index is 2.04. The van der Waals surface area contributed by atoms with E-state index in [0.717, 1.165) is 0 Å². The molecule has 1 unspecified atom stereocenters. The molecular weight excluding hydrogens is 379 g/mol. The lowest BCUT2D eigenvalue weighted by Gasteiger charge is -2.40. The molecule has 0 aromatic heterocycles. The number of ether oxygens (including phenoxy) is 1. The van der Waals surface area contributed by atoms with E-state index in [1.54, 1.807) is 15.9 Å². The highest BCUT2D eigenvalue weighted by atomic mass is 79.9. The van der Waals surface area contributed by atoms with Gasteiger partial charge in [-0.05, 0) is 61.8 Å². The van der Waals surface area contributed by atoms with Gasteiger partial charge in [-0.1, -0.05) is 0 Å². The van der Waals surface area contributed by atoms with Crippen molar-refractivity contribution in [3.63, 3.8) is 0 Å². The van der Waals surface area contributed by atoms with Crippen molar-refractivity contribution in [3.05, 3.63) is 34.1 Å². The van der Waals surface area contributed by atoms with Crippen LogP contribution >= 0.6 is 15.9 Å². The SMILES string of the molecule is CC1CN(C(=O)OC(C)(C)C)CCN1C(=O)c1ccc(Br)c(F)c1. The van der Waals surface area contributed by atoms with Gasteiger partial charge in [0.1, 0.15) is 11.4 Å². The molecule has 1 aliphatic heterocycles. The number of piperazine rings is 1. The fraction of sp³-hybridized carbons (Fsp3) is 0.529. The molecule has 1 saturated heterocycles. The molecule has 24 heavy (non-hydrogen) atoms. The molecular formula is C17H22BrFN2O3. The van der Waals surface area contributed by atoms with Crippen molar-refractivity contribution in [1.82, 2.24) is 9.80 Å². The molecule has 1 aromatic rings. The number of hydrogen-bond donors (Lipinski definition) is 0. The molecule has 0 aliphatic carbocycles. The van der Waals surface area contributed by atoms with Gasteiger partial charge in [-0.3, -0.25) is 4.79 Å². The minimum atomic E-state index is -0.553. The number of benzene rings is 1. The van der Waals surface area contributed by atoms with Gasteiger partial charge in [0, 0.05) is 31.2 Å². The maximum atomic E-state index is 13.6. The van der Waals surface area contributed by atoms with E-state index in [0.29, 0.717) is 29.7 Å². The van der Waals surface area contributed by atoms with Crippen LogP contribution in [0.4, 0.5) is 9.18 Å². The summed E-state index contributed by atoms with van der Waals surface area (Å²) in [7, 11) is 0. The quantitative estimate of drug-likeness (QED) is 0.722. The Kier molecular flexibility index (Phi) is 5.52. The smallest absolute Gasteiger partial charge is 0.410 e. The fourth-order valence-electron chi connectivity index (χ4n) is 2.55. The molecule has 0 radical (unpaired) electrons. The van der Waals surface area contributed by atoms with E-state index in [9.17, 15) is 14.0 Å². The molecule has 0 saturated carbocycles. The average Bonchev–Trinajstić information content (AvgIpc) is 2.47. The van der Waals surface area contributed by atoms with Crippen LogP contribution in [0.2, 0.25) is 0 Å². The lowest BCUT2D eigenvalue weighted by atomic mass is 10.1. The summed E-state index contributed by atoms with van der Waals surface area (Å²) in [5.41, 5.74) is -0.254. The van der Waals surface area contributed by atoms with Crippen molar-refractivity contribution in [2.75, 3.05) is 19.6 Å². The molecule has 7 heteroatoms. The standard InChI is InChI=1S/C17H22BrFN2O3/c1-11-10-20(16(23)24-17(2,3)4)7-8-21(11)15(22)12-5-6-13(18)14(19)9-12/h5-6,9,11H,7-8,10H2,1-4H3. The van der Waals surface area contributed by atoms with Crippen molar-refractivity contribution in [3.8, 4) is 0 Å². The zero-order chi connectivity index (χ0) is 18.1. The minimum Gasteiger partial charge on any atom is -0.444 e. The van der Waals surface area contributed by atoms with Crippen molar-refractivity contribution in [2.45, 2.75) is 39.3 Å². The Labute approximate surface area is 149 Å². The number of amides is 2. The van der Waals surface area contributed by atoms with Crippen molar-refractivity contribution < 1.29 is 18.7 Å². The van der Waals surface area contributed by atoms with Crippen LogP contribution in [0.15, 0.2) is 22.7 Å². The van der Waals surface area contributed by atoms with E-state index in [1.807, 2.05) is 27.7 Å². The molecule has 0 N–H and O–H groups in total. The summed E-state index contributed by atoms with van der Waals surface area (Å²) in [6.07, 6.45) is -0.379. The third-order valence-electron chi connectivity index (χ3n) is 3.71. The number of rotatable bonds is 1. The van der Waals surface area contributed by atoms with Crippen LogP contribution in [-0.2, 0) is 4.74 Å². The number of carbonyl (C=O) groups is 2. The van der Waals surface area contributed by atoms with Gasteiger partial charge in [-0.2, -0.15) is 0 Å². The first kappa shape index (κ1) is 18.7. The van der Waals surface area contributed by atoms with Gasteiger partial charge in [0.25, 0.3) is 5.91 Å². The van der Waals surface area contributed by atoms with Gasteiger partial charge < -0.3 is 14.5 Å². The van der Waals surface area contributed by atoms with Crippen LogP contribution in [0.3, 0.4) is 0 Å². The van der Waals surface area contributed by atoms with Gasteiger partial charge in [0.05, 0.1) is 4.47 Å². The van der Waals surface area contributed by atoms with Crippen LogP contribution in [0.5, 0.6) is 0 Å². The zero-order valence-electron chi connectivity index (χ0n) is 14.3. The first-order valence-corrected chi connectivity index (χ1v) is 8.62. The lowest BCUT2D eigenvalue weighted by molar-refractivity contribution is 0.00616. The van der Waals surface area contributed by atoms with E-state index in [2.05, 4.69) is 15.9 Å². The molecule has 1 aliphatic rings. The molecule has 1 fully saturated rings. The van der Waals surface area contributed by atoms with Crippen molar-refractivity contribution in [2.24, 2.45) is 0 Å². The van der Waals surface area contributed by atoms with E-state index in [1.165, 1.54) is 12.1 Å². The Hall–Kier alpha value is -1.63. The first-order chi connectivity index (χ1) is 11.1. The van der Waals surface area contributed by atoms with Crippen LogP contribution in [0.25, 0.3) is 0 Å². The van der Waals surface area contributed by atoms with Crippen LogP contribution in [-0.4, -0.2) is 53.1 Å². The number of nitrogens with zero attached hydrogens (tertiary/aromatic N) is 2. The predicted octanol–water partition coefficient (Wildman–Crippen LogP) is 3.67. The molecule has 0 bridgehead atoms. The first-order valence-electron chi connectivity index (χ1n) is 7.82. The number of halogens is 2. The predicted molar refractivity (Wildman–Crippen MR) is 92.4 cm³/mol. The number of hydrogen-bond acceptors (Lipinski definition) is 3. The van der Waals surface area contributed by atoms with Gasteiger partial charge >= 0.3 is 6.09 Å². The summed E-state index contributed by atoms with van der Waals surface area (Å²) in [6.45, 7) is 8.48. The van der Waals surface area contributed by atoms with Gasteiger partial charge in [-0.25, -0.2) is 9.18 Å². The molecule has 2 rings (SSSR count). The minimum absolute atomic E-state index is 0.175. The maximum Gasteiger partial charge on any atom is 0.410 e. The third-order valence-corrected chi connectivity index (χ3v) is 4.35. The Morgan fingerprint density at radius 2 is 1.96 bits per heavy atom. The summed E-state index contributed by atoms with van der Waals surface area (Å²) < 4.78 is 19.3. The number of carbonyl (C=O) groups excluding carboxylic acids is 2. The second-order valence-corrected chi connectivity index (χ2v) is 7.76. The normalized spacial score (nSPS) is 18.5.